The number of fused-ring (bicyclic) bond motifs is 1. The van der Waals surface area contributed by atoms with E-state index in [2.05, 4.69) is 12.2 Å². The van der Waals surface area contributed by atoms with Crippen LogP contribution in [-0.4, -0.2) is 26.7 Å². The molecule has 25 heavy (non-hydrogen) atoms. The summed E-state index contributed by atoms with van der Waals surface area (Å²) in [6.45, 7) is 2.71. The smallest absolute Gasteiger partial charge is 0.225 e. The fourth-order valence-corrected chi connectivity index (χ4v) is 3.22. The van der Waals surface area contributed by atoms with Gasteiger partial charge in [0.15, 0.2) is 0 Å². The van der Waals surface area contributed by atoms with Crippen LogP contribution in [0.15, 0.2) is 36.4 Å². The molecule has 0 radical (unpaired) electrons. The molecule has 0 bridgehead atoms. The van der Waals surface area contributed by atoms with E-state index in [-0.39, 0.29) is 11.8 Å². The van der Waals surface area contributed by atoms with E-state index in [1.807, 2.05) is 36.4 Å². The molecule has 0 saturated heterocycles. The lowest BCUT2D eigenvalue weighted by Gasteiger charge is -2.29. The van der Waals surface area contributed by atoms with E-state index in [0.717, 1.165) is 29.0 Å². The molecule has 132 valence electrons. The maximum absolute atomic E-state index is 12.3. The van der Waals surface area contributed by atoms with Crippen molar-refractivity contribution in [3.8, 4) is 17.2 Å². The number of carbonyl (C=O) groups is 1. The minimum atomic E-state index is -0.127. The van der Waals surface area contributed by atoms with Gasteiger partial charge in [0.25, 0.3) is 0 Å². The summed E-state index contributed by atoms with van der Waals surface area (Å²) >= 11 is 0. The Morgan fingerprint density at radius 2 is 1.92 bits per heavy atom. The first kappa shape index (κ1) is 17.1. The summed E-state index contributed by atoms with van der Waals surface area (Å²) in [5.74, 6) is 2.00. The third kappa shape index (κ3) is 3.40. The number of carbonyl (C=O) groups excluding carboxylic acids is 1. The molecule has 0 aromatic heterocycles. The Labute approximate surface area is 147 Å². The van der Waals surface area contributed by atoms with E-state index >= 15 is 0 Å². The highest BCUT2D eigenvalue weighted by atomic mass is 16.5. The monoisotopic (exact) mass is 341 g/mol. The predicted molar refractivity (Wildman–Crippen MR) is 96.9 cm³/mol. The zero-order chi connectivity index (χ0) is 17.8. The van der Waals surface area contributed by atoms with Gasteiger partial charge in [0.1, 0.15) is 17.2 Å². The van der Waals surface area contributed by atoms with Crippen LogP contribution < -0.4 is 19.5 Å². The summed E-state index contributed by atoms with van der Waals surface area (Å²) in [5.41, 5.74) is 2.67. The molecule has 1 atom stereocenters. The van der Waals surface area contributed by atoms with E-state index in [0.29, 0.717) is 24.5 Å². The van der Waals surface area contributed by atoms with Gasteiger partial charge in [0.2, 0.25) is 5.91 Å². The van der Waals surface area contributed by atoms with Crippen molar-refractivity contribution < 1.29 is 19.0 Å². The van der Waals surface area contributed by atoms with Crippen LogP contribution in [0.25, 0.3) is 0 Å². The van der Waals surface area contributed by atoms with Crippen LogP contribution in [0.2, 0.25) is 0 Å². The Hall–Kier alpha value is -2.69. The first-order chi connectivity index (χ1) is 12.2. The lowest BCUT2D eigenvalue weighted by Crippen LogP contribution is -2.24. The molecule has 1 aliphatic rings. The Morgan fingerprint density at radius 3 is 2.64 bits per heavy atom. The molecule has 0 aliphatic carbocycles. The first-order valence-corrected chi connectivity index (χ1v) is 8.45. The molecule has 1 aliphatic heterocycles. The molecule has 2 aromatic carbocycles. The molecular weight excluding hydrogens is 318 g/mol. The number of anilines is 1. The average Bonchev–Trinajstić information content (AvgIpc) is 2.64. The van der Waals surface area contributed by atoms with Gasteiger partial charge >= 0.3 is 0 Å². The second-order valence-electron chi connectivity index (χ2n) is 5.98. The second-order valence-corrected chi connectivity index (χ2v) is 5.98. The molecule has 3 rings (SSSR count). The van der Waals surface area contributed by atoms with E-state index in [9.17, 15) is 4.79 Å². The lowest BCUT2D eigenvalue weighted by atomic mass is 9.83. The van der Waals surface area contributed by atoms with Gasteiger partial charge in [-0.1, -0.05) is 25.1 Å². The van der Waals surface area contributed by atoms with Crippen LogP contribution in [0.1, 0.15) is 36.8 Å². The number of methoxy groups -OCH3 is 2. The SMILES string of the molecule is CCCOc1ccccc1[C@@H]1CC(=O)Nc2cc(OC)cc(OC)c21. The zero-order valence-corrected chi connectivity index (χ0v) is 14.8. The predicted octanol–water partition coefficient (Wildman–Crippen LogP) is 3.97. The Morgan fingerprint density at radius 1 is 1.12 bits per heavy atom. The molecule has 2 aromatic rings. The van der Waals surface area contributed by atoms with Crippen molar-refractivity contribution in [3.05, 3.63) is 47.5 Å². The van der Waals surface area contributed by atoms with Crippen molar-refractivity contribution in [2.75, 3.05) is 26.1 Å². The fourth-order valence-electron chi connectivity index (χ4n) is 3.22. The number of hydrogen-bond donors (Lipinski definition) is 1. The van der Waals surface area contributed by atoms with Crippen molar-refractivity contribution in [3.63, 3.8) is 0 Å². The number of hydrogen-bond acceptors (Lipinski definition) is 4. The summed E-state index contributed by atoms with van der Waals surface area (Å²) in [5, 5.41) is 2.93. The van der Waals surface area contributed by atoms with Crippen LogP contribution in [0.4, 0.5) is 5.69 Å². The van der Waals surface area contributed by atoms with Crippen molar-refractivity contribution in [2.45, 2.75) is 25.7 Å². The van der Waals surface area contributed by atoms with Crippen molar-refractivity contribution in [1.29, 1.82) is 0 Å². The molecule has 5 heteroatoms. The van der Waals surface area contributed by atoms with Crippen molar-refractivity contribution in [2.24, 2.45) is 0 Å². The second kappa shape index (κ2) is 7.47. The first-order valence-electron chi connectivity index (χ1n) is 8.45. The molecule has 0 saturated carbocycles. The van der Waals surface area contributed by atoms with Gasteiger partial charge in [-0.25, -0.2) is 0 Å². The highest BCUT2D eigenvalue weighted by Gasteiger charge is 2.32. The highest BCUT2D eigenvalue weighted by Crippen LogP contribution is 2.46. The van der Waals surface area contributed by atoms with Gasteiger partial charge in [0, 0.05) is 35.6 Å². The van der Waals surface area contributed by atoms with Gasteiger partial charge in [-0.3, -0.25) is 4.79 Å². The topological polar surface area (TPSA) is 56.8 Å². The number of para-hydroxylation sites is 1. The summed E-state index contributed by atoms with van der Waals surface area (Å²) in [6, 6.07) is 11.6. The Kier molecular flexibility index (Phi) is 5.12. The maximum Gasteiger partial charge on any atom is 0.225 e. The van der Waals surface area contributed by atoms with Crippen LogP contribution in [0.5, 0.6) is 17.2 Å². The summed E-state index contributed by atoms with van der Waals surface area (Å²) < 4.78 is 16.8. The Bertz CT molecular complexity index is 772. The molecule has 1 heterocycles. The molecule has 5 nitrogen and oxygen atoms in total. The van der Waals surface area contributed by atoms with Crippen LogP contribution in [0.3, 0.4) is 0 Å². The van der Waals surface area contributed by atoms with E-state index < -0.39 is 0 Å². The van der Waals surface area contributed by atoms with Gasteiger partial charge < -0.3 is 19.5 Å². The third-order valence-electron chi connectivity index (χ3n) is 4.34. The summed E-state index contributed by atoms with van der Waals surface area (Å²) in [6.07, 6.45) is 1.28. The van der Waals surface area contributed by atoms with E-state index in [1.54, 1.807) is 14.2 Å². The minimum Gasteiger partial charge on any atom is -0.497 e. The lowest BCUT2D eigenvalue weighted by molar-refractivity contribution is -0.116. The minimum absolute atomic E-state index is 0.0295. The van der Waals surface area contributed by atoms with Crippen LogP contribution in [-0.2, 0) is 4.79 Å². The van der Waals surface area contributed by atoms with E-state index in [4.69, 9.17) is 14.2 Å². The van der Waals surface area contributed by atoms with Crippen LogP contribution >= 0.6 is 0 Å². The molecular formula is C20H23NO4. The molecule has 1 amide bonds. The van der Waals surface area contributed by atoms with Crippen molar-refractivity contribution >= 4 is 11.6 Å². The maximum atomic E-state index is 12.3. The highest BCUT2D eigenvalue weighted by molar-refractivity contribution is 5.96. The zero-order valence-electron chi connectivity index (χ0n) is 14.8. The van der Waals surface area contributed by atoms with Gasteiger partial charge in [-0.2, -0.15) is 0 Å². The number of benzene rings is 2. The molecule has 0 unspecified atom stereocenters. The standard InChI is InChI=1S/C20H23NO4/c1-4-9-25-17-8-6-5-7-14(17)15-12-19(22)21-16-10-13(23-2)11-18(24-3)20(15)16/h5-8,10-11,15H,4,9,12H2,1-3H3,(H,21,22)/t15-/m0/s1. The number of amides is 1. The largest absolute Gasteiger partial charge is 0.497 e. The van der Waals surface area contributed by atoms with Gasteiger partial charge in [-0.15, -0.1) is 0 Å². The number of rotatable bonds is 6. The average molecular weight is 341 g/mol. The summed E-state index contributed by atoms with van der Waals surface area (Å²) in [7, 11) is 3.22. The van der Waals surface area contributed by atoms with E-state index in [1.165, 1.54) is 0 Å². The number of ether oxygens (including phenoxy) is 3. The molecule has 0 spiro atoms. The van der Waals surface area contributed by atoms with Crippen LogP contribution in [0, 0.1) is 0 Å². The quantitative estimate of drug-likeness (QED) is 0.864. The Balaban J connectivity index is 2.12. The summed E-state index contributed by atoms with van der Waals surface area (Å²) in [4.78, 5) is 12.3. The van der Waals surface area contributed by atoms with Gasteiger partial charge in [0.05, 0.1) is 26.5 Å². The normalized spacial score (nSPS) is 16.0. The number of nitrogens with one attached hydrogen (secondary N) is 1. The third-order valence-corrected chi connectivity index (χ3v) is 4.34. The molecule has 1 N–H and O–H groups in total. The molecule has 0 fully saturated rings. The van der Waals surface area contributed by atoms with Gasteiger partial charge in [-0.05, 0) is 12.5 Å². The van der Waals surface area contributed by atoms with Crippen molar-refractivity contribution in [1.82, 2.24) is 0 Å². The fraction of sp³-hybridized carbons (Fsp3) is 0.350.